The van der Waals surface area contributed by atoms with Crippen LogP contribution in [0.5, 0.6) is 0 Å². The number of nitrogens with one attached hydrogen (secondary N) is 2. The van der Waals surface area contributed by atoms with Gasteiger partial charge in [-0.1, -0.05) is 19.8 Å². The van der Waals surface area contributed by atoms with Gasteiger partial charge in [0.25, 0.3) is 0 Å². The zero-order valence-electron chi connectivity index (χ0n) is 11.8. The van der Waals surface area contributed by atoms with Crippen LogP contribution in [-0.2, 0) is 9.59 Å². The van der Waals surface area contributed by atoms with Gasteiger partial charge in [0.2, 0.25) is 5.91 Å². The van der Waals surface area contributed by atoms with Gasteiger partial charge >= 0.3 is 5.97 Å². The van der Waals surface area contributed by atoms with Crippen LogP contribution in [0.4, 0.5) is 0 Å². The van der Waals surface area contributed by atoms with Gasteiger partial charge in [-0.05, 0) is 38.6 Å². The molecule has 1 aliphatic carbocycles. The van der Waals surface area contributed by atoms with Gasteiger partial charge in [0.15, 0.2) is 0 Å². The molecule has 2 rings (SSSR count). The predicted octanol–water partition coefficient (Wildman–Crippen LogP) is 1.14. The Bertz CT molecular complexity index is 377. The standard InChI is InChI=1S/C14H24N2O3/c1-10-4-3-5-14(8-10,12(18)19)16-11(17)13(2)6-7-15-9-13/h10,15H,3-9H2,1-2H3,(H,16,17)(H,18,19). The predicted molar refractivity (Wildman–Crippen MR) is 71.7 cm³/mol. The molecule has 3 N–H and O–H groups in total. The normalized spacial score (nSPS) is 38.9. The molecule has 0 bridgehead atoms. The summed E-state index contributed by atoms with van der Waals surface area (Å²) < 4.78 is 0. The zero-order valence-corrected chi connectivity index (χ0v) is 11.8. The molecule has 3 atom stereocenters. The lowest BCUT2D eigenvalue weighted by atomic mass is 9.75. The summed E-state index contributed by atoms with van der Waals surface area (Å²) >= 11 is 0. The lowest BCUT2D eigenvalue weighted by Crippen LogP contribution is -2.59. The Balaban J connectivity index is 2.12. The molecule has 0 aromatic heterocycles. The molecule has 1 amide bonds. The average molecular weight is 268 g/mol. The van der Waals surface area contributed by atoms with Gasteiger partial charge in [-0.2, -0.15) is 0 Å². The van der Waals surface area contributed by atoms with Crippen LogP contribution >= 0.6 is 0 Å². The fraction of sp³-hybridized carbons (Fsp3) is 0.857. The molecule has 0 radical (unpaired) electrons. The Morgan fingerprint density at radius 1 is 1.37 bits per heavy atom. The van der Waals surface area contributed by atoms with Gasteiger partial charge in [-0.3, -0.25) is 4.79 Å². The monoisotopic (exact) mass is 268 g/mol. The topological polar surface area (TPSA) is 78.4 Å². The SMILES string of the molecule is CC1CCCC(NC(=O)C2(C)CCNC2)(C(=O)O)C1. The van der Waals surface area contributed by atoms with Crippen LogP contribution in [0.25, 0.3) is 0 Å². The smallest absolute Gasteiger partial charge is 0.329 e. The minimum Gasteiger partial charge on any atom is -0.480 e. The van der Waals surface area contributed by atoms with Crippen molar-refractivity contribution < 1.29 is 14.7 Å². The molecular weight excluding hydrogens is 244 g/mol. The van der Waals surface area contributed by atoms with E-state index in [4.69, 9.17) is 0 Å². The molecule has 1 saturated heterocycles. The second kappa shape index (κ2) is 5.12. The van der Waals surface area contributed by atoms with Crippen LogP contribution in [0, 0.1) is 11.3 Å². The number of aliphatic carboxylic acids is 1. The van der Waals surface area contributed by atoms with E-state index >= 15 is 0 Å². The van der Waals surface area contributed by atoms with Gasteiger partial charge < -0.3 is 15.7 Å². The third kappa shape index (κ3) is 2.76. The molecule has 1 aliphatic heterocycles. The lowest BCUT2D eigenvalue weighted by molar-refractivity contribution is -0.151. The highest BCUT2D eigenvalue weighted by Gasteiger charge is 2.47. The van der Waals surface area contributed by atoms with Crippen molar-refractivity contribution >= 4 is 11.9 Å². The molecule has 108 valence electrons. The third-order valence-corrected chi connectivity index (χ3v) is 4.68. The van der Waals surface area contributed by atoms with Crippen molar-refractivity contribution in [1.82, 2.24) is 10.6 Å². The Morgan fingerprint density at radius 3 is 2.63 bits per heavy atom. The number of carbonyl (C=O) groups excluding carboxylic acids is 1. The Hall–Kier alpha value is -1.10. The molecule has 1 saturated carbocycles. The number of carbonyl (C=O) groups is 2. The van der Waals surface area contributed by atoms with E-state index in [1.54, 1.807) is 0 Å². The maximum absolute atomic E-state index is 12.4. The van der Waals surface area contributed by atoms with E-state index in [1.807, 2.05) is 6.92 Å². The van der Waals surface area contributed by atoms with E-state index in [0.717, 1.165) is 25.8 Å². The van der Waals surface area contributed by atoms with Gasteiger partial charge in [0.05, 0.1) is 5.41 Å². The van der Waals surface area contributed by atoms with E-state index in [2.05, 4.69) is 17.6 Å². The molecule has 3 unspecified atom stereocenters. The summed E-state index contributed by atoms with van der Waals surface area (Å²) in [4.78, 5) is 24.1. The number of carboxylic acids is 1. The van der Waals surface area contributed by atoms with Gasteiger partial charge in [-0.25, -0.2) is 4.79 Å². The van der Waals surface area contributed by atoms with Crippen molar-refractivity contribution in [3.8, 4) is 0 Å². The van der Waals surface area contributed by atoms with Crippen LogP contribution < -0.4 is 10.6 Å². The van der Waals surface area contributed by atoms with Crippen LogP contribution in [0.15, 0.2) is 0 Å². The molecule has 5 heteroatoms. The Morgan fingerprint density at radius 2 is 2.11 bits per heavy atom. The molecule has 2 aliphatic rings. The summed E-state index contributed by atoms with van der Waals surface area (Å²) in [5.74, 6) is -0.657. The molecule has 0 aromatic carbocycles. The molecule has 1 heterocycles. The fourth-order valence-electron chi connectivity index (χ4n) is 3.29. The third-order valence-electron chi connectivity index (χ3n) is 4.68. The summed E-state index contributed by atoms with van der Waals surface area (Å²) in [5, 5.41) is 15.6. The first-order chi connectivity index (χ1) is 8.88. The second-order valence-corrected chi connectivity index (χ2v) is 6.53. The first-order valence-electron chi connectivity index (χ1n) is 7.15. The van der Waals surface area contributed by atoms with Crippen molar-refractivity contribution in [3.05, 3.63) is 0 Å². The highest BCUT2D eigenvalue weighted by atomic mass is 16.4. The molecule has 0 aromatic rings. The second-order valence-electron chi connectivity index (χ2n) is 6.53. The van der Waals surface area contributed by atoms with Crippen molar-refractivity contribution in [3.63, 3.8) is 0 Å². The minimum atomic E-state index is -1.06. The molecule has 5 nitrogen and oxygen atoms in total. The average Bonchev–Trinajstić information content (AvgIpc) is 2.77. The van der Waals surface area contributed by atoms with Crippen molar-refractivity contribution in [2.24, 2.45) is 11.3 Å². The quantitative estimate of drug-likeness (QED) is 0.717. The summed E-state index contributed by atoms with van der Waals surface area (Å²) in [6, 6.07) is 0. The lowest BCUT2D eigenvalue weighted by Gasteiger charge is -2.39. The van der Waals surface area contributed by atoms with Crippen molar-refractivity contribution in [2.45, 2.75) is 51.5 Å². The Kier molecular flexibility index (Phi) is 3.85. The molecule has 19 heavy (non-hydrogen) atoms. The van der Waals surface area contributed by atoms with Crippen LogP contribution in [0.3, 0.4) is 0 Å². The van der Waals surface area contributed by atoms with Crippen molar-refractivity contribution in [2.75, 3.05) is 13.1 Å². The van der Waals surface area contributed by atoms with E-state index in [1.165, 1.54) is 0 Å². The fourth-order valence-corrected chi connectivity index (χ4v) is 3.29. The molecular formula is C14H24N2O3. The van der Waals surface area contributed by atoms with Crippen LogP contribution in [-0.4, -0.2) is 35.6 Å². The number of hydrogen-bond donors (Lipinski definition) is 3. The van der Waals surface area contributed by atoms with Gasteiger partial charge in [0, 0.05) is 6.54 Å². The summed E-state index contributed by atoms with van der Waals surface area (Å²) in [7, 11) is 0. The molecule has 0 spiro atoms. The first-order valence-corrected chi connectivity index (χ1v) is 7.15. The number of rotatable bonds is 3. The maximum atomic E-state index is 12.4. The first kappa shape index (κ1) is 14.3. The van der Waals surface area contributed by atoms with E-state index in [9.17, 15) is 14.7 Å². The summed E-state index contributed by atoms with van der Waals surface area (Å²) in [5.41, 5.74) is -1.52. The highest BCUT2D eigenvalue weighted by Crippen LogP contribution is 2.34. The van der Waals surface area contributed by atoms with E-state index in [-0.39, 0.29) is 5.91 Å². The highest BCUT2D eigenvalue weighted by molar-refractivity contribution is 5.90. The number of amides is 1. The van der Waals surface area contributed by atoms with E-state index < -0.39 is 16.9 Å². The molecule has 2 fully saturated rings. The Labute approximate surface area is 114 Å². The van der Waals surface area contributed by atoms with E-state index in [0.29, 0.717) is 25.3 Å². The number of hydrogen-bond acceptors (Lipinski definition) is 3. The summed E-state index contributed by atoms with van der Waals surface area (Å²) in [6.45, 7) is 5.41. The van der Waals surface area contributed by atoms with Crippen molar-refractivity contribution in [1.29, 1.82) is 0 Å². The summed E-state index contributed by atoms with van der Waals surface area (Å²) in [6.07, 6.45) is 3.76. The van der Waals surface area contributed by atoms with Gasteiger partial charge in [0.1, 0.15) is 5.54 Å². The largest absolute Gasteiger partial charge is 0.480 e. The van der Waals surface area contributed by atoms with Crippen LogP contribution in [0.2, 0.25) is 0 Å². The number of carboxylic acid groups (broad SMARTS) is 1. The van der Waals surface area contributed by atoms with Gasteiger partial charge in [-0.15, -0.1) is 0 Å². The minimum absolute atomic E-state index is 0.117. The maximum Gasteiger partial charge on any atom is 0.329 e. The van der Waals surface area contributed by atoms with Crippen LogP contribution in [0.1, 0.15) is 46.0 Å². The zero-order chi connectivity index (χ0) is 14.1.